The van der Waals surface area contributed by atoms with Crippen molar-refractivity contribution in [2.45, 2.75) is 25.2 Å². The average molecular weight is 301 g/mol. The van der Waals surface area contributed by atoms with E-state index in [0.717, 1.165) is 25.7 Å². The van der Waals surface area contributed by atoms with E-state index < -0.39 is 16.0 Å². The van der Waals surface area contributed by atoms with Crippen molar-refractivity contribution in [1.82, 2.24) is 4.72 Å². The Morgan fingerprint density at radius 1 is 1.45 bits per heavy atom. The first-order valence-corrected chi connectivity index (χ1v) is 7.71. The molecule has 0 saturated heterocycles. The van der Waals surface area contributed by atoms with Gasteiger partial charge in [-0.25, -0.2) is 17.9 Å². The molecule has 0 fully saturated rings. The molecule has 0 amide bonds. The summed E-state index contributed by atoms with van der Waals surface area (Å²) < 4.78 is 31.1. The van der Waals surface area contributed by atoms with Crippen molar-refractivity contribution in [1.29, 1.82) is 0 Å². The number of rotatable bonds is 6. The fraction of sp³-hybridized carbons (Fsp3) is 0.462. The van der Waals surface area contributed by atoms with E-state index in [1.165, 1.54) is 6.07 Å². The number of hydrogen-bond acceptors (Lipinski definition) is 5. The van der Waals surface area contributed by atoms with Gasteiger partial charge in [-0.05, 0) is 24.1 Å². The van der Waals surface area contributed by atoms with Crippen LogP contribution in [-0.4, -0.2) is 33.1 Å². The molecule has 0 radical (unpaired) electrons. The summed E-state index contributed by atoms with van der Waals surface area (Å²) in [6.07, 6.45) is 0.853. The van der Waals surface area contributed by atoms with E-state index in [0.29, 0.717) is 6.54 Å². The lowest BCUT2D eigenvalue weighted by atomic mass is 10.1. The third-order valence-electron chi connectivity index (χ3n) is 3.00. The Balaban J connectivity index is 3.04. The Labute approximate surface area is 118 Å². The van der Waals surface area contributed by atoms with Crippen LogP contribution in [0, 0.1) is 5.92 Å². The third kappa shape index (κ3) is 3.94. The number of methoxy groups -OCH3 is 1. The molecule has 1 aromatic rings. The molecule has 0 bridgehead atoms. The minimum absolute atomic E-state index is 0.0843. The van der Waals surface area contributed by atoms with Gasteiger partial charge in [0.05, 0.1) is 12.0 Å². The van der Waals surface area contributed by atoms with Crippen LogP contribution in [0.5, 0.6) is 5.75 Å². The maximum atomic E-state index is 12.1. The van der Waals surface area contributed by atoms with Gasteiger partial charge in [-0.15, -0.1) is 0 Å². The maximum absolute atomic E-state index is 12.1. The molecule has 20 heavy (non-hydrogen) atoms. The van der Waals surface area contributed by atoms with Crippen LogP contribution >= 0.6 is 0 Å². The molecule has 0 heterocycles. The van der Waals surface area contributed by atoms with Crippen LogP contribution in [-0.2, 0) is 14.8 Å². The smallest absolute Gasteiger partial charge is 0.341 e. The molecule has 0 aliphatic heterocycles. The number of esters is 1. The molecule has 1 unspecified atom stereocenters. The summed E-state index contributed by atoms with van der Waals surface area (Å²) in [5.41, 5.74) is -0.182. The molecule has 7 heteroatoms. The van der Waals surface area contributed by atoms with Gasteiger partial charge in [0.2, 0.25) is 10.0 Å². The highest BCUT2D eigenvalue weighted by Crippen LogP contribution is 2.22. The lowest BCUT2D eigenvalue weighted by Crippen LogP contribution is -2.28. The number of nitrogens with one attached hydrogen (secondary N) is 1. The first kappa shape index (κ1) is 16.5. The van der Waals surface area contributed by atoms with Crippen molar-refractivity contribution in [3.05, 3.63) is 23.8 Å². The van der Waals surface area contributed by atoms with Gasteiger partial charge in [-0.1, -0.05) is 20.3 Å². The normalized spacial score (nSPS) is 12.9. The molecule has 0 aliphatic carbocycles. The lowest BCUT2D eigenvalue weighted by molar-refractivity contribution is 0.0597. The monoisotopic (exact) mass is 301 g/mol. The molecular formula is C13H19NO5S. The maximum Gasteiger partial charge on any atom is 0.341 e. The zero-order valence-corrected chi connectivity index (χ0v) is 12.5. The summed E-state index contributed by atoms with van der Waals surface area (Å²) in [5.74, 6) is -0.902. The Kier molecular flexibility index (Phi) is 5.52. The van der Waals surface area contributed by atoms with E-state index in [9.17, 15) is 18.3 Å². The van der Waals surface area contributed by atoms with Crippen molar-refractivity contribution >= 4 is 16.0 Å². The summed E-state index contributed by atoms with van der Waals surface area (Å²) in [6, 6.07) is 3.49. The van der Waals surface area contributed by atoms with Crippen molar-refractivity contribution < 1.29 is 23.1 Å². The van der Waals surface area contributed by atoms with Gasteiger partial charge in [0.25, 0.3) is 0 Å². The van der Waals surface area contributed by atoms with Crippen LogP contribution in [0.25, 0.3) is 0 Å². The van der Waals surface area contributed by atoms with E-state index in [1.807, 2.05) is 13.8 Å². The highest BCUT2D eigenvalue weighted by atomic mass is 32.2. The number of carbonyl (C=O) groups is 1. The molecule has 1 aromatic carbocycles. The van der Waals surface area contributed by atoms with Gasteiger partial charge in [-0.3, -0.25) is 0 Å². The van der Waals surface area contributed by atoms with Crippen LogP contribution in [0.4, 0.5) is 0 Å². The predicted molar refractivity (Wildman–Crippen MR) is 74.1 cm³/mol. The van der Waals surface area contributed by atoms with E-state index in [1.54, 1.807) is 0 Å². The number of benzene rings is 1. The average Bonchev–Trinajstić information content (AvgIpc) is 2.44. The minimum Gasteiger partial charge on any atom is -0.507 e. The molecule has 0 aliphatic rings. The van der Waals surface area contributed by atoms with Crippen LogP contribution in [0.15, 0.2) is 23.1 Å². The zero-order valence-electron chi connectivity index (χ0n) is 11.7. The molecule has 1 atom stereocenters. The molecule has 0 spiro atoms. The largest absolute Gasteiger partial charge is 0.507 e. The Morgan fingerprint density at radius 2 is 2.10 bits per heavy atom. The SMILES string of the molecule is CCC(C)CNS(=O)(=O)c1ccc(O)c(C(=O)OC)c1. The summed E-state index contributed by atoms with van der Waals surface area (Å²) >= 11 is 0. The summed E-state index contributed by atoms with van der Waals surface area (Å²) in [5, 5.41) is 9.54. The highest BCUT2D eigenvalue weighted by Gasteiger charge is 2.19. The number of aromatic hydroxyl groups is 1. The van der Waals surface area contributed by atoms with Gasteiger partial charge in [0.15, 0.2) is 0 Å². The third-order valence-corrected chi connectivity index (χ3v) is 4.42. The van der Waals surface area contributed by atoms with Gasteiger partial charge in [0, 0.05) is 6.54 Å². The quantitative estimate of drug-likeness (QED) is 0.777. The standard InChI is InChI=1S/C13H19NO5S/c1-4-9(2)8-14-20(17,18)10-5-6-12(15)11(7-10)13(16)19-3/h5-7,9,14-15H,4,8H2,1-3H3. The highest BCUT2D eigenvalue weighted by molar-refractivity contribution is 7.89. The summed E-state index contributed by atoms with van der Waals surface area (Å²) in [7, 11) is -2.56. The van der Waals surface area contributed by atoms with Crippen LogP contribution in [0.1, 0.15) is 30.6 Å². The molecule has 2 N–H and O–H groups in total. The second kappa shape index (κ2) is 6.71. The van der Waals surface area contributed by atoms with Gasteiger partial charge >= 0.3 is 5.97 Å². The first-order valence-electron chi connectivity index (χ1n) is 6.22. The number of phenols is 1. The van der Waals surface area contributed by atoms with Crippen molar-refractivity contribution in [3.63, 3.8) is 0 Å². The van der Waals surface area contributed by atoms with E-state index in [2.05, 4.69) is 9.46 Å². The number of carbonyl (C=O) groups excluding carboxylic acids is 1. The van der Waals surface area contributed by atoms with Gasteiger partial charge in [0.1, 0.15) is 11.3 Å². The Morgan fingerprint density at radius 3 is 2.65 bits per heavy atom. The van der Waals surface area contributed by atoms with E-state index >= 15 is 0 Å². The predicted octanol–water partition coefficient (Wildman–Crippen LogP) is 1.50. The number of hydrogen-bond donors (Lipinski definition) is 2. The van der Waals surface area contributed by atoms with Gasteiger partial charge < -0.3 is 9.84 Å². The van der Waals surface area contributed by atoms with E-state index in [-0.39, 0.29) is 22.1 Å². The molecule has 1 rings (SSSR count). The lowest BCUT2D eigenvalue weighted by Gasteiger charge is -2.12. The molecule has 6 nitrogen and oxygen atoms in total. The van der Waals surface area contributed by atoms with Crippen LogP contribution in [0.3, 0.4) is 0 Å². The zero-order chi connectivity index (χ0) is 15.3. The summed E-state index contributed by atoms with van der Waals surface area (Å²) in [6.45, 7) is 4.21. The van der Waals surface area contributed by atoms with E-state index in [4.69, 9.17) is 0 Å². The van der Waals surface area contributed by atoms with Gasteiger partial charge in [-0.2, -0.15) is 0 Å². The van der Waals surface area contributed by atoms with Crippen LogP contribution < -0.4 is 4.72 Å². The molecule has 112 valence electrons. The second-order valence-electron chi connectivity index (χ2n) is 4.54. The first-order chi connectivity index (χ1) is 9.31. The van der Waals surface area contributed by atoms with Crippen LogP contribution in [0.2, 0.25) is 0 Å². The summed E-state index contributed by atoms with van der Waals surface area (Å²) in [4.78, 5) is 11.3. The fourth-order valence-electron chi connectivity index (χ4n) is 1.44. The number of sulfonamides is 1. The Hall–Kier alpha value is -1.60. The number of phenolic OH excluding ortho intramolecular Hbond substituents is 1. The fourth-order valence-corrected chi connectivity index (χ4v) is 2.63. The second-order valence-corrected chi connectivity index (χ2v) is 6.30. The topological polar surface area (TPSA) is 92.7 Å². The Bertz CT molecular complexity index is 582. The van der Waals surface area contributed by atoms with Crippen molar-refractivity contribution in [2.75, 3.05) is 13.7 Å². The van der Waals surface area contributed by atoms with Crippen molar-refractivity contribution in [2.24, 2.45) is 5.92 Å². The minimum atomic E-state index is -3.72. The molecule has 0 saturated carbocycles. The van der Waals surface area contributed by atoms with Crippen molar-refractivity contribution in [3.8, 4) is 5.75 Å². The molecular weight excluding hydrogens is 282 g/mol. The number of ether oxygens (including phenoxy) is 1. The molecule has 0 aromatic heterocycles.